The Morgan fingerprint density at radius 2 is 1.72 bits per heavy atom. The lowest BCUT2D eigenvalue weighted by Gasteiger charge is -2.10. The number of halogens is 4. The van der Waals surface area contributed by atoms with E-state index in [1.165, 1.54) is 0 Å². The normalized spacial score (nSPS) is 11.4. The monoisotopic (exact) mass is 720 g/mol. The predicted molar refractivity (Wildman–Crippen MR) is 99.4 cm³/mol. The van der Waals surface area contributed by atoms with Crippen molar-refractivity contribution >= 4 is 106 Å². The minimum Gasteiger partial charge on any atom is -0.424 e. The maximum Gasteiger partial charge on any atom is 0.329 e. The highest BCUT2D eigenvalue weighted by molar-refractivity contribution is 14.1. The molecule has 1 aromatic rings. The molecule has 100 valence electrons. The Hall–Kier alpha value is 1.52. The lowest BCUT2D eigenvalue weighted by molar-refractivity contribution is -0.131. The highest BCUT2D eigenvalue weighted by Crippen LogP contribution is 2.33. The number of rotatable bonds is 3. The van der Waals surface area contributed by atoms with Crippen molar-refractivity contribution in [3.63, 3.8) is 0 Å². The predicted octanol–water partition coefficient (Wildman–Crippen LogP) is 2.90. The van der Waals surface area contributed by atoms with Crippen molar-refractivity contribution < 1.29 is 22.5 Å². The van der Waals surface area contributed by atoms with Crippen LogP contribution < -0.4 is 4.74 Å². The maximum absolute atomic E-state index is 11.3. The van der Waals surface area contributed by atoms with Gasteiger partial charge >= 0.3 is 5.97 Å². The molecular weight excluding hydrogens is 716 g/mol. The molecule has 1 aromatic carbocycles. The molecule has 0 aromatic heterocycles. The van der Waals surface area contributed by atoms with Gasteiger partial charge in [-0.15, -0.1) is 0 Å². The van der Waals surface area contributed by atoms with E-state index in [4.69, 9.17) is 9.29 Å². The van der Waals surface area contributed by atoms with Crippen LogP contribution in [0.2, 0.25) is 0 Å². The van der Waals surface area contributed by atoms with Crippen LogP contribution in [0.4, 0.5) is 0 Å². The van der Waals surface area contributed by atoms with Crippen molar-refractivity contribution in [2.24, 2.45) is 0 Å². The van der Waals surface area contributed by atoms with Gasteiger partial charge in [-0.05, 0) is 96.4 Å². The van der Waals surface area contributed by atoms with Crippen LogP contribution in [0, 0.1) is 14.3 Å². The quantitative estimate of drug-likeness (QED) is 0.130. The molecule has 0 radical (unpaired) electrons. The summed E-state index contributed by atoms with van der Waals surface area (Å²) in [5.74, 6) is -1.77. The average molecular weight is 720 g/mol. The molecule has 0 unspecified atom stereocenters. The van der Waals surface area contributed by atoms with E-state index in [1.54, 1.807) is 6.07 Å². The molecule has 0 saturated heterocycles. The van der Waals surface area contributed by atoms with E-state index in [2.05, 4.69) is 67.8 Å². The summed E-state index contributed by atoms with van der Waals surface area (Å²) in [5.41, 5.74) is 0. The summed E-state index contributed by atoms with van der Waals surface area (Å²) in [6.45, 7) is 0. The Morgan fingerprint density at radius 1 is 1.17 bits per heavy atom. The van der Waals surface area contributed by atoms with E-state index in [0.29, 0.717) is 5.75 Å². The minimum atomic E-state index is -4.37. The fraction of sp³-hybridized carbons (Fsp3) is 0.125. The van der Waals surface area contributed by atoms with Gasteiger partial charge in [0.1, 0.15) is 5.75 Å². The van der Waals surface area contributed by atoms with Gasteiger partial charge in [0.25, 0.3) is 10.1 Å². The van der Waals surface area contributed by atoms with Crippen LogP contribution in [-0.4, -0.2) is 24.7 Å². The third-order valence-electron chi connectivity index (χ3n) is 1.59. The molecule has 1 N–H and O–H groups in total. The average Bonchev–Trinajstić information content (AvgIpc) is 2.20. The van der Waals surface area contributed by atoms with Crippen LogP contribution in [0.15, 0.2) is 6.07 Å². The van der Waals surface area contributed by atoms with E-state index in [0.717, 1.165) is 14.3 Å². The van der Waals surface area contributed by atoms with Gasteiger partial charge in [0, 0.05) is 10.7 Å². The standard InChI is InChI=1S/C8H4I4O5S/c9-3-1-4(7(11)8(12)6(3)10)17-5(13)2-18(14,15)16/h1H,2H2,(H,14,15,16). The highest BCUT2D eigenvalue weighted by atomic mass is 127. The number of esters is 1. The van der Waals surface area contributed by atoms with Crippen LogP contribution in [0.3, 0.4) is 0 Å². The molecule has 0 bridgehead atoms. The van der Waals surface area contributed by atoms with E-state index in [1.807, 2.05) is 22.6 Å². The summed E-state index contributed by atoms with van der Waals surface area (Å²) in [7, 11) is -4.37. The topological polar surface area (TPSA) is 80.7 Å². The summed E-state index contributed by atoms with van der Waals surface area (Å²) in [4.78, 5) is 11.3. The smallest absolute Gasteiger partial charge is 0.329 e. The first-order chi connectivity index (χ1) is 8.11. The Balaban J connectivity index is 3.03. The molecule has 0 aliphatic rings. The molecule has 0 saturated carbocycles. The molecular formula is C8H4I4O5S. The van der Waals surface area contributed by atoms with E-state index < -0.39 is 21.8 Å². The highest BCUT2D eigenvalue weighted by Gasteiger charge is 2.19. The molecule has 10 heteroatoms. The van der Waals surface area contributed by atoms with Crippen LogP contribution in [0.1, 0.15) is 0 Å². The third-order valence-corrected chi connectivity index (χ3v) is 9.41. The number of hydrogen-bond acceptors (Lipinski definition) is 4. The first-order valence-corrected chi connectivity index (χ1v) is 10.0. The van der Waals surface area contributed by atoms with Crippen LogP contribution in [0.5, 0.6) is 5.75 Å². The molecule has 1 rings (SSSR count). The fourth-order valence-electron chi connectivity index (χ4n) is 0.926. The van der Waals surface area contributed by atoms with E-state index >= 15 is 0 Å². The second-order valence-corrected chi connectivity index (χ2v) is 8.85. The third kappa shape index (κ3) is 5.13. The minimum absolute atomic E-state index is 0.290. The van der Waals surface area contributed by atoms with Crippen molar-refractivity contribution in [3.8, 4) is 5.75 Å². The summed E-state index contributed by atoms with van der Waals surface area (Å²) >= 11 is 8.39. The first-order valence-electron chi connectivity index (χ1n) is 4.10. The lowest BCUT2D eigenvalue weighted by atomic mass is 10.3. The van der Waals surface area contributed by atoms with Gasteiger partial charge in [-0.1, -0.05) is 0 Å². The summed E-state index contributed by atoms with van der Waals surface area (Å²) in [5, 5.41) is 0. The van der Waals surface area contributed by atoms with Crippen molar-refractivity contribution in [1.29, 1.82) is 0 Å². The van der Waals surface area contributed by atoms with Crippen LogP contribution in [-0.2, 0) is 14.9 Å². The molecule has 0 atom stereocenters. The van der Waals surface area contributed by atoms with Crippen molar-refractivity contribution in [1.82, 2.24) is 0 Å². The van der Waals surface area contributed by atoms with Gasteiger partial charge in [-0.2, -0.15) is 8.42 Å². The largest absolute Gasteiger partial charge is 0.424 e. The Morgan fingerprint density at radius 3 is 2.22 bits per heavy atom. The van der Waals surface area contributed by atoms with Crippen LogP contribution in [0.25, 0.3) is 0 Å². The van der Waals surface area contributed by atoms with Gasteiger partial charge in [0.2, 0.25) is 0 Å². The molecule has 0 aliphatic carbocycles. The molecule has 0 aliphatic heterocycles. The first kappa shape index (κ1) is 17.6. The second-order valence-electron chi connectivity index (χ2n) is 3.00. The van der Waals surface area contributed by atoms with Crippen molar-refractivity contribution in [2.75, 3.05) is 5.75 Å². The van der Waals surface area contributed by atoms with Crippen molar-refractivity contribution in [3.05, 3.63) is 20.3 Å². The molecule has 5 nitrogen and oxygen atoms in total. The lowest BCUT2D eigenvalue weighted by Crippen LogP contribution is -2.20. The van der Waals surface area contributed by atoms with Gasteiger partial charge in [-0.25, -0.2) is 0 Å². The van der Waals surface area contributed by atoms with E-state index in [9.17, 15) is 13.2 Å². The van der Waals surface area contributed by atoms with Crippen LogP contribution >= 0.6 is 90.4 Å². The molecule has 0 amide bonds. The fourth-order valence-corrected chi connectivity index (χ4v) is 4.39. The molecule has 0 spiro atoms. The summed E-state index contributed by atoms with van der Waals surface area (Å²) < 4.78 is 38.2. The number of benzene rings is 1. The number of carbonyl (C=O) groups is 1. The van der Waals surface area contributed by atoms with Gasteiger partial charge in [0.15, 0.2) is 5.75 Å². The molecule has 0 heterocycles. The second kappa shape index (κ2) is 6.99. The number of hydrogen-bond donors (Lipinski definition) is 1. The zero-order valence-electron chi connectivity index (χ0n) is 8.28. The summed E-state index contributed by atoms with van der Waals surface area (Å²) in [6, 6.07) is 1.65. The van der Waals surface area contributed by atoms with Gasteiger partial charge < -0.3 is 4.74 Å². The Kier molecular flexibility index (Phi) is 6.82. The Labute approximate surface area is 158 Å². The molecule has 18 heavy (non-hydrogen) atoms. The van der Waals surface area contributed by atoms with Gasteiger partial charge in [-0.3, -0.25) is 9.35 Å². The Bertz CT molecular complexity index is 598. The van der Waals surface area contributed by atoms with Crippen molar-refractivity contribution in [2.45, 2.75) is 0 Å². The zero-order chi connectivity index (χ0) is 14.1. The van der Waals surface area contributed by atoms with E-state index in [-0.39, 0.29) is 0 Å². The summed E-state index contributed by atoms with van der Waals surface area (Å²) in [6.07, 6.45) is 0. The number of carbonyl (C=O) groups excluding carboxylic acids is 1. The zero-order valence-corrected chi connectivity index (χ0v) is 17.7. The van der Waals surface area contributed by atoms with Gasteiger partial charge in [0.05, 0.1) is 3.57 Å². The number of ether oxygens (including phenoxy) is 1. The molecule has 0 fully saturated rings. The maximum atomic E-state index is 11.3. The SMILES string of the molecule is O=C(CS(=O)(=O)O)Oc1cc(I)c(I)c(I)c1I.